The maximum Gasteiger partial charge on any atom is 0.186 e. The van der Waals surface area contributed by atoms with Gasteiger partial charge in [-0.25, -0.2) is 4.98 Å². The van der Waals surface area contributed by atoms with Gasteiger partial charge < -0.3 is 10.6 Å². The number of fused-ring (bicyclic) bond motifs is 1. The molecular formula is C12H13Cl2N3S. The lowest BCUT2D eigenvalue weighted by Gasteiger charge is -2.29. The lowest BCUT2D eigenvalue weighted by atomic mass is 10.1. The number of nitrogens with zero attached hydrogens (tertiary/aromatic N) is 2. The monoisotopic (exact) mass is 301 g/mol. The third-order valence-electron chi connectivity index (χ3n) is 3.21. The molecule has 0 bridgehead atoms. The number of hydrogen-bond donors (Lipinski definition) is 1. The molecule has 1 aliphatic heterocycles. The van der Waals surface area contributed by atoms with E-state index in [0.29, 0.717) is 16.1 Å². The van der Waals surface area contributed by atoms with Gasteiger partial charge in [-0.05, 0) is 25.0 Å². The number of benzene rings is 1. The van der Waals surface area contributed by atoms with Crippen LogP contribution in [0.25, 0.3) is 10.2 Å². The molecule has 2 heterocycles. The van der Waals surface area contributed by atoms with Crippen LogP contribution in [0.4, 0.5) is 5.13 Å². The molecule has 0 unspecified atom stereocenters. The number of halogens is 2. The minimum atomic E-state index is 0.327. The van der Waals surface area contributed by atoms with Gasteiger partial charge in [0.15, 0.2) is 5.13 Å². The summed E-state index contributed by atoms with van der Waals surface area (Å²) in [6.07, 6.45) is 2.04. The van der Waals surface area contributed by atoms with E-state index in [2.05, 4.69) is 9.88 Å². The highest BCUT2D eigenvalue weighted by Gasteiger charge is 2.19. The molecule has 1 aromatic carbocycles. The fraction of sp³-hybridized carbons (Fsp3) is 0.417. The van der Waals surface area contributed by atoms with Crippen LogP contribution < -0.4 is 10.6 Å². The molecule has 3 nitrogen and oxygen atoms in total. The number of hydrogen-bond acceptors (Lipinski definition) is 4. The Morgan fingerprint density at radius 2 is 2.00 bits per heavy atom. The first-order chi connectivity index (χ1) is 8.63. The molecule has 18 heavy (non-hydrogen) atoms. The fourth-order valence-electron chi connectivity index (χ4n) is 2.17. The van der Waals surface area contributed by atoms with Crippen molar-refractivity contribution in [3.63, 3.8) is 0 Å². The van der Waals surface area contributed by atoms with Crippen LogP contribution in [0.15, 0.2) is 12.1 Å². The summed E-state index contributed by atoms with van der Waals surface area (Å²) in [6, 6.07) is 3.98. The van der Waals surface area contributed by atoms with Crippen molar-refractivity contribution in [1.29, 1.82) is 0 Å². The van der Waals surface area contributed by atoms with Crippen molar-refractivity contribution in [2.24, 2.45) is 5.73 Å². The largest absolute Gasteiger partial charge is 0.348 e. The van der Waals surface area contributed by atoms with Crippen molar-refractivity contribution >= 4 is 49.9 Å². The minimum Gasteiger partial charge on any atom is -0.348 e. The predicted octanol–water partition coefficient (Wildman–Crippen LogP) is 3.53. The molecule has 0 amide bonds. The SMILES string of the molecule is NC1CCN(c2nc3c(Cl)cc(Cl)cc3s2)CC1. The molecule has 0 saturated carbocycles. The van der Waals surface area contributed by atoms with Crippen LogP contribution in [0, 0.1) is 0 Å². The van der Waals surface area contributed by atoms with Gasteiger partial charge in [0.25, 0.3) is 0 Å². The number of anilines is 1. The smallest absolute Gasteiger partial charge is 0.186 e. The van der Waals surface area contributed by atoms with Crippen molar-refractivity contribution < 1.29 is 0 Å². The summed E-state index contributed by atoms with van der Waals surface area (Å²) in [4.78, 5) is 6.89. The number of thiazole rings is 1. The van der Waals surface area contributed by atoms with Crippen LogP contribution in [-0.2, 0) is 0 Å². The molecule has 1 aromatic heterocycles. The Labute approximate surface area is 119 Å². The summed E-state index contributed by atoms with van der Waals surface area (Å²) in [5.41, 5.74) is 6.76. The highest BCUT2D eigenvalue weighted by atomic mass is 35.5. The first kappa shape index (κ1) is 12.5. The third-order valence-corrected chi connectivity index (χ3v) is 4.78. The molecule has 0 atom stereocenters. The van der Waals surface area contributed by atoms with E-state index in [0.717, 1.165) is 41.3 Å². The van der Waals surface area contributed by atoms with E-state index in [1.807, 2.05) is 6.07 Å². The van der Waals surface area contributed by atoms with Crippen molar-refractivity contribution in [1.82, 2.24) is 4.98 Å². The number of aromatic nitrogens is 1. The van der Waals surface area contributed by atoms with Crippen LogP contribution in [0.1, 0.15) is 12.8 Å². The average Bonchev–Trinajstić information content (AvgIpc) is 2.74. The molecule has 1 saturated heterocycles. The lowest BCUT2D eigenvalue weighted by Crippen LogP contribution is -2.39. The molecule has 6 heteroatoms. The second-order valence-electron chi connectivity index (χ2n) is 4.56. The average molecular weight is 302 g/mol. The van der Waals surface area contributed by atoms with E-state index in [1.54, 1.807) is 17.4 Å². The number of nitrogens with two attached hydrogens (primary N) is 1. The van der Waals surface area contributed by atoms with Crippen molar-refractivity contribution in [2.45, 2.75) is 18.9 Å². The van der Waals surface area contributed by atoms with Gasteiger partial charge in [0.05, 0.1) is 9.72 Å². The van der Waals surface area contributed by atoms with Crippen LogP contribution >= 0.6 is 34.5 Å². The summed E-state index contributed by atoms with van der Waals surface area (Å²) in [7, 11) is 0. The van der Waals surface area contributed by atoms with Gasteiger partial charge >= 0.3 is 0 Å². The van der Waals surface area contributed by atoms with Gasteiger partial charge in [-0.1, -0.05) is 34.5 Å². The normalized spacial score (nSPS) is 17.6. The minimum absolute atomic E-state index is 0.327. The molecule has 2 aromatic rings. The molecule has 0 aliphatic carbocycles. The Hall–Kier alpha value is -0.550. The molecule has 3 rings (SSSR count). The molecule has 1 fully saturated rings. The van der Waals surface area contributed by atoms with Crippen molar-refractivity contribution in [2.75, 3.05) is 18.0 Å². The lowest BCUT2D eigenvalue weighted by molar-refractivity contribution is 0.501. The van der Waals surface area contributed by atoms with Crippen LogP contribution in [0.5, 0.6) is 0 Å². The second-order valence-corrected chi connectivity index (χ2v) is 6.41. The molecule has 2 N–H and O–H groups in total. The zero-order chi connectivity index (χ0) is 12.7. The molecular weight excluding hydrogens is 289 g/mol. The van der Waals surface area contributed by atoms with E-state index in [4.69, 9.17) is 28.9 Å². The number of piperidine rings is 1. The van der Waals surface area contributed by atoms with Gasteiger partial charge in [-0.2, -0.15) is 0 Å². The molecule has 96 valence electrons. The maximum atomic E-state index is 6.16. The highest BCUT2D eigenvalue weighted by molar-refractivity contribution is 7.22. The summed E-state index contributed by atoms with van der Waals surface area (Å²) in [6.45, 7) is 1.93. The van der Waals surface area contributed by atoms with Gasteiger partial charge in [-0.3, -0.25) is 0 Å². The van der Waals surface area contributed by atoms with Crippen molar-refractivity contribution in [3.05, 3.63) is 22.2 Å². The highest BCUT2D eigenvalue weighted by Crippen LogP contribution is 2.35. The zero-order valence-corrected chi connectivity index (χ0v) is 12.0. The topological polar surface area (TPSA) is 42.1 Å². The molecule has 1 aliphatic rings. The third kappa shape index (κ3) is 2.30. The summed E-state index contributed by atoms with van der Waals surface area (Å²) >= 11 is 13.8. The van der Waals surface area contributed by atoms with E-state index < -0.39 is 0 Å². The van der Waals surface area contributed by atoms with E-state index >= 15 is 0 Å². The van der Waals surface area contributed by atoms with Crippen LogP contribution in [0.3, 0.4) is 0 Å². The first-order valence-corrected chi connectivity index (χ1v) is 7.47. The summed E-state index contributed by atoms with van der Waals surface area (Å²) < 4.78 is 1.04. The van der Waals surface area contributed by atoms with Gasteiger partial charge in [-0.15, -0.1) is 0 Å². The van der Waals surface area contributed by atoms with Crippen molar-refractivity contribution in [3.8, 4) is 0 Å². The second kappa shape index (κ2) is 4.85. The van der Waals surface area contributed by atoms with Gasteiger partial charge in [0, 0.05) is 24.2 Å². The Morgan fingerprint density at radius 1 is 1.28 bits per heavy atom. The Balaban J connectivity index is 1.96. The zero-order valence-electron chi connectivity index (χ0n) is 9.70. The Kier molecular flexibility index (Phi) is 3.36. The summed E-state index contributed by atoms with van der Waals surface area (Å²) in [5, 5.41) is 2.29. The van der Waals surface area contributed by atoms with Gasteiger partial charge in [0.2, 0.25) is 0 Å². The summed E-state index contributed by atoms with van der Waals surface area (Å²) in [5.74, 6) is 0. The Bertz CT molecular complexity index is 576. The van der Waals surface area contributed by atoms with Gasteiger partial charge in [0.1, 0.15) is 5.52 Å². The van der Waals surface area contributed by atoms with Crippen LogP contribution in [0.2, 0.25) is 10.0 Å². The Morgan fingerprint density at radius 3 is 2.72 bits per heavy atom. The first-order valence-electron chi connectivity index (χ1n) is 5.89. The quantitative estimate of drug-likeness (QED) is 0.876. The predicted molar refractivity (Wildman–Crippen MR) is 79.1 cm³/mol. The molecule has 0 radical (unpaired) electrons. The fourth-order valence-corrected chi connectivity index (χ4v) is 3.91. The number of rotatable bonds is 1. The van der Waals surface area contributed by atoms with E-state index in [9.17, 15) is 0 Å². The molecule has 0 spiro atoms. The van der Waals surface area contributed by atoms with E-state index in [-0.39, 0.29) is 0 Å². The maximum absolute atomic E-state index is 6.16. The van der Waals surface area contributed by atoms with Crippen LogP contribution in [-0.4, -0.2) is 24.1 Å². The van der Waals surface area contributed by atoms with E-state index in [1.165, 1.54) is 0 Å². The standard InChI is InChI=1S/C12H13Cl2N3S/c13-7-5-9(14)11-10(6-7)18-12(16-11)17-3-1-8(15)2-4-17/h5-6,8H,1-4,15H2.